The van der Waals surface area contributed by atoms with Gasteiger partial charge in [-0.3, -0.25) is 4.90 Å². The number of likely N-dealkylation sites (tertiary alicyclic amines) is 1. The van der Waals surface area contributed by atoms with E-state index in [9.17, 15) is 9.90 Å². The molecule has 2 heterocycles. The number of aliphatic hydroxyl groups excluding tert-OH is 1. The summed E-state index contributed by atoms with van der Waals surface area (Å²) < 4.78 is 5.32. The zero-order valence-corrected chi connectivity index (χ0v) is 10.7. The Bertz CT molecular complexity index is 428. The fourth-order valence-electron chi connectivity index (χ4n) is 2.39. The van der Waals surface area contributed by atoms with Crippen LogP contribution in [0.1, 0.15) is 42.6 Å². The Morgan fingerprint density at radius 1 is 1.56 bits per heavy atom. The number of carbonyl (C=O) groups is 1. The van der Waals surface area contributed by atoms with E-state index >= 15 is 0 Å². The summed E-state index contributed by atoms with van der Waals surface area (Å²) in [5.41, 5.74) is 0. The summed E-state index contributed by atoms with van der Waals surface area (Å²) in [6, 6.07) is 3.23. The van der Waals surface area contributed by atoms with Gasteiger partial charge < -0.3 is 14.6 Å². The molecule has 1 saturated heterocycles. The zero-order chi connectivity index (χ0) is 13.3. The Labute approximate surface area is 106 Å². The van der Waals surface area contributed by atoms with Gasteiger partial charge in [-0.25, -0.2) is 4.79 Å². The summed E-state index contributed by atoms with van der Waals surface area (Å²) >= 11 is 0. The van der Waals surface area contributed by atoms with Crippen molar-refractivity contribution in [3.63, 3.8) is 0 Å². The standard InChI is InChI=1S/C13H19NO4/c1-8-7-14(6-5-10(8)15)9(2)11-3-4-12(18-11)13(16)17/h3-4,8-10,15H,5-7H2,1-2H3,(H,16,17). The molecule has 1 aromatic rings. The molecule has 18 heavy (non-hydrogen) atoms. The van der Waals surface area contributed by atoms with Crippen molar-refractivity contribution in [3.05, 3.63) is 23.7 Å². The number of nitrogens with zero attached hydrogens (tertiary/aromatic N) is 1. The van der Waals surface area contributed by atoms with Crippen LogP contribution in [0.3, 0.4) is 0 Å². The summed E-state index contributed by atoms with van der Waals surface area (Å²) in [6.45, 7) is 5.62. The summed E-state index contributed by atoms with van der Waals surface area (Å²) in [5.74, 6) is -0.177. The summed E-state index contributed by atoms with van der Waals surface area (Å²) in [7, 11) is 0. The topological polar surface area (TPSA) is 73.9 Å². The van der Waals surface area contributed by atoms with Crippen LogP contribution in [0.25, 0.3) is 0 Å². The van der Waals surface area contributed by atoms with Crippen molar-refractivity contribution in [1.82, 2.24) is 4.90 Å². The number of aromatic carboxylic acids is 1. The Kier molecular flexibility index (Phi) is 3.73. The molecule has 5 nitrogen and oxygen atoms in total. The van der Waals surface area contributed by atoms with E-state index in [-0.39, 0.29) is 23.8 Å². The summed E-state index contributed by atoms with van der Waals surface area (Å²) in [4.78, 5) is 13.0. The molecule has 0 aliphatic carbocycles. The van der Waals surface area contributed by atoms with Crippen LogP contribution in [-0.2, 0) is 0 Å². The SMILES string of the molecule is CC1CN(C(C)c2ccc(C(=O)O)o2)CCC1O. The normalized spacial score (nSPS) is 27.1. The largest absolute Gasteiger partial charge is 0.475 e. The minimum absolute atomic E-state index is 0.0260. The maximum atomic E-state index is 10.8. The lowest BCUT2D eigenvalue weighted by Gasteiger charge is -2.37. The smallest absolute Gasteiger partial charge is 0.371 e. The van der Waals surface area contributed by atoms with E-state index in [1.807, 2.05) is 13.8 Å². The van der Waals surface area contributed by atoms with Crippen LogP contribution in [-0.4, -0.2) is 40.3 Å². The zero-order valence-electron chi connectivity index (χ0n) is 10.7. The molecule has 0 bridgehead atoms. The Morgan fingerprint density at radius 2 is 2.28 bits per heavy atom. The fourth-order valence-corrected chi connectivity index (χ4v) is 2.39. The van der Waals surface area contributed by atoms with Crippen LogP contribution in [0.2, 0.25) is 0 Å². The molecule has 1 fully saturated rings. The first kappa shape index (κ1) is 13.1. The third-order valence-corrected chi connectivity index (χ3v) is 3.69. The second-order valence-corrected chi connectivity index (χ2v) is 5.01. The number of aliphatic hydroxyl groups is 1. The second kappa shape index (κ2) is 5.12. The number of rotatable bonds is 3. The van der Waals surface area contributed by atoms with Crippen molar-refractivity contribution < 1.29 is 19.4 Å². The first-order chi connectivity index (χ1) is 8.49. The van der Waals surface area contributed by atoms with Crippen LogP contribution in [0.5, 0.6) is 0 Å². The molecule has 2 N–H and O–H groups in total. The van der Waals surface area contributed by atoms with E-state index < -0.39 is 5.97 Å². The van der Waals surface area contributed by atoms with Gasteiger partial charge in [-0.1, -0.05) is 6.92 Å². The molecule has 0 amide bonds. The molecule has 3 atom stereocenters. The van der Waals surface area contributed by atoms with Crippen LogP contribution < -0.4 is 0 Å². The predicted octanol–water partition coefficient (Wildman–Crippen LogP) is 1.74. The highest BCUT2D eigenvalue weighted by Gasteiger charge is 2.29. The lowest BCUT2D eigenvalue weighted by Crippen LogP contribution is -2.42. The average molecular weight is 253 g/mol. The molecule has 5 heteroatoms. The lowest BCUT2D eigenvalue weighted by molar-refractivity contribution is 0.0159. The van der Waals surface area contributed by atoms with Crippen molar-refractivity contribution in [2.24, 2.45) is 5.92 Å². The number of piperidine rings is 1. The summed E-state index contributed by atoms with van der Waals surface area (Å²) in [5, 5.41) is 18.5. The maximum absolute atomic E-state index is 10.8. The predicted molar refractivity (Wildman–Crippen MR) is 65.4 cm³/mol. The molecule has 0 aromatic carbocycles. The second-order valence-electron chi connectivity index (χ2n) is 5.01. The first-order valence-corrected chi connectivity index (χ1v) is 6.24. The van der Waals surface area contributed by atoms with Gasteiger partial charge in [0.05, 0.1) is 12.1 Å². The number of carboxylic acids is 1. The third kappa shape index (κ3) is 2.57. The lowest BCUT2D eigenvalue weighted by atomic mass is 9.95. The van der Waals surface area contributed by atoms with Crippen LogP contribution in [0.15, 0.2) is 16.5 Å². The molecular formula is C13H19NO4. The molecule has 1 aromatic heterocycles. The van der Waals surface area contributed by atoms with E-state index in [0.29, 0.717) is 5.76 Å². The van der Waals surface area contributed by atoms with Gasteiger partial charge in [0.1, 0.15) is 5.76 Å². The summed E-state index contributed by atoms with van der Waals surface area (Å²) in [6.07, 6.45) is 0.512. The minimum atomic E-state index is -1.05. The fraction of sp³-hybridized carbons (Fsp3) is 0.615. The van der Waals surface area contributed by atoms with Crippen LogP contribution in [0.4, 0.5) is 0 Å². The van der Waals surface area contributed by atoms with Gasteiger partial charge in [0.15, 0.2) is 0 Å². The first-order valence-electron chi connectivity index (χ1n) is 6.24. The molecule has 3 unspecified atom stereocenters. The van der Waals surface area contributed by atoms with Crippen molar-refractivity contribution in [3.8, 4) is 0 Å². The van der Waals surface area contributed by atoms with Gasteiger partial charge in [-0.2, -0.15) is 0 Å². The van der Waals surface area contributed by atoms with Gasteiger partial charge >= 0.3 is 5.97 Å². The van der Waals surface area contributed by atoms with Gasteiger partial charge in [0.25, 0.3) is 0 Å². The molecule has 100 valence electrons. The molecular weight excluding hydrogens is 234 g/mol. The van der Waals surface area contributed by atoms with Gasteiger partial charge in [0.2, 0.25) is 5.76 Å². The Hall–Kier alpha value is -1.33. The monoisotopic (exact) mass is 253 g/mol. The Morgan fingerprint density at radius 3 is 2.83 bits per heavy atom. The van der Waals surface area contributed by atoms with E-state index in [0.717, 1.165) is 19.5 Å². The van der Waals surface area contributed by atoms with Crippen molar-refractivity contribution >= 4 is 5.97 Å². The molecule has 0 saturated carbocycles. The molecule has 0 radical (unpaired) electrons. The van der Waals surface area contributed by atoms with E-state index in [2.05, 4.69) is 4.90 Å². The maximum Gasteiger partial charge on any atom is 0.371 e. The Balaban J connectivity index is 2.06. The highest BCUT2D eigenvalue weighted by atomic mass is 16.4. The quantitative estimate of drug-likeness (QED) is 0.858. The number of hydrogen-bond acceptors (Lipinski definition) is 4. The third-order valence-electron chi connectivity index (χ3n) is 3.69. The van der Waals surface area contributed by atoms with E-state index in [1.165, 1.54) is 6.07 Å². The van der Waals surface area contributed by atoms with Gasteiger partial charge in [-0.15, -0.1) is 0 Å². The van der Waals surface area contributed by atoms with Crippen molar-refractivity contribution in [2.45, 2.75) is 32.4 Å². The highest BCUT2D eigenvalue weighted by molar-refractivity contribution is 5.84. The van der Waals surface area contributed by atoms with E-state index in [1.54, 1.807) is 6.07 Å². The molecule has 2 rings (SSSR count). The molecule has 1 aliphatic rings. The molecule has 1 aliphatic heterocycles. The van der Waals surface area contributed by atoms with E-state index in [4.69, 9.17) is 9.52 Å². The van der Waals surface area contributed by atoms with Gasteiger partial charge in [-0.05, 0) is 31.4 Å². The van der Waals surface area contributed by atoms with Crippen molar-refractivity contribution in [2.75, 3.05) is 13.1 Å². The van der Waals surface area contributed by atoms with Crippen molar-refractivity contribution in [1.29, 1.82) is 0 Å². The number of furan rings is 1. The number of hydrogen-bond donors (Lipinski definition) is 2. The number of carboxylic acid groups (broad SMARTS) is 1. The highest BCUT2D eigenvalue weighted by Crippen LogP contribution is 2.27. The average Bonchev–Trinajstić information content (AvgIpc) is 2.81. The van der Waals surface area contributed by atoms with Gasteiger partial charge in [0, 0.05) is 13.1 Å². The van der Waals surface area contributed by atoms with Crippen LogP contribution >= 0.6 is 0 Å². The van der Waals surface area contributed by atoms with Crippen LogP contribution in [0, 0.1) is 5.92 Å². The molecule has 0 spiro atoms. The minimum Gasteiger partial charge on any atom is -0.475 e.